The summed E-state index contributed by atoms with van der Waals surface area (Å²) in [6.07, 6.45) is -1.44. The lowest BCUT2D eigenvalue weighted by atomic mass is 10.0. The molecule has 0 spiro atoms. The number of fused-ring (bicyclic) bond motifs is 1. The van der Waals surface area contributed by atoms with Gasteiger partial charge in [0.2, 0.25) is 0 Å². The van der Waals surface area contributed by atoms with Crippen LogP contribution in [0.1, 0.15) is 16.1 Å². The van der Waals surface area contributed by atoms with Gasteiger partial charge in [0.25, 0.3) is 5.91 Å². The molecular weight excluding hydrogens is 423 g/mol. The van der Waals surface area contributed by atoms with Crippen molar-refractivity contribution in [1.82, 2.24) is 9.97 Å². The van der Waals surface area contributed by atoms with E-state index in [1.54, 1.807) is 42.7 Å². The number of hydrogen-bond donors (Lipinski definition) is 4. The van der Waals surface area contributed by atoms with Gasteiger partial charge in [-0.15, -0.1) is 0 Å². The Kier molecular flexibility index (Phi) is 5.27. The van der Waals surface area contributed by atoms with E-state index in [0.29, 0.717) is 22.3 Å². The van der Waals surface area contributed by atoms with E-state index in [9.17, 15) is 22.8 Å². The molecule has 0 unspecified atom stereocenters. The number of nitrogens with zero attached hydrogens (tertiary/aromatic N) is 1. The fourth-order valence-corrected chi connectivity index (χ4v) is 3.37. The Bertz CT molecular complexity index is 1310. The number of aromatic amines is 1. The van der Waals surface area contributed by atoms with Crippen LogP contribution in [-0.4, -0.2) is 21.9 Å². The summed E-state index contributed by atoms with van der Waals surface area (Å²) < 4.78 is 39.3. The zero-order valence-electron chi connectivity index (χ0n) is 16.3. The number of carbonyl (C=O) groups is 2. The molecule has 0 saturated heterocycles. The molecule has 0 aliphatic heterocycles. The van der Waals surface area contributed by atoms with E-state index in [-0.39, 0.29) is 11.4 Å². The number of alkyl halides is 3. The summed E-state index contributed by atoms with van der Waals surface area (Å²) >= 11 is 0. The minimum absolute atomic E-state index is 0.218. The second-order valence-electron chi connectivity index (χ2n) is 6.86. The van der Waals surface area contributed by atoms with Gasteiger partial charge in [0.1, 0.15) is 5.69 Å². The van der Waals surface area contributed by atoms with Crippen LogP contribution in [-0.2, 0) is 6.18 Å². The van der Waals surface area contributed by atoms with Crippen molar-refractivity contribution in [2.45, 2.75) is 6.18 Å². The topological polar surface area (TPSA) is 113 Å². The first-order chi connectivity index (χ1) is 15.2. The number of pyridine rings is 1. The smallest absolute Gasteiger partial charge is 0.364 e. The highest BCUT2D eigenvalue weighted by molar-refractivity contribution is 6.09. The predicted octanol–water partition coefficient (Wildman–Crippen LogP) is 4.99. The minimum atomic E-state index is -4.60. The number of nitrogens with one attached hydrogen (secondary N) is 3. The normalized spacial score (nSPS) is 11.3. The molecule has 5 N–H and O–H groups in total. The third kappa shape index (κ3) is 4.10. The van der Waals surface area contributed by atoms with E-state index in [4.69, 9.17) is 5.73 Å². The summed E-state index contributed by atoms with van der Waals surface area (Å²) in [6.45, 7) is 0. The Labute approximate surface area is 179 Å². The Morgan fingerprint density at radius 2 is 1.69 bits per heavy atom. The fourth-order valence-electron chi connectivity index (χ4n) is 3.37. The first-order valence-corrected chi connectivity index (χ1v) is 9.34. The van der Waals surface area contributed by atoms with Gasteiger partial charge in [-0.3, -0.25) is 9.78 Å². The average molecular weight is 439 g/mol. The molecule has 32 heavy (non-hydrogen) atoms. The third-order valence-corrected chi connectivity index (χ3v) is 4.76. The van der Waals surface area contributed by atoms with Crippen molar-refractivity contribution in [1.29, 1.82) is 0 Å². The van der Waals surface area contributed by atoms with Crippen LogP contribution in [0.3, 0.4) is 0 Å². The van der Waals surface area contributed by atoms with Crippen LogP contribution in [0.5, 0.6) is 0 Å². The molecule has 4 aromatic rings. The van der Waals surface area contributed by atoms with Gasteiger partial charge in [-0.25, -0.2) is 4.79 Å². The Morgan fingerprint density at radius 1 is 0.969 bits per heavy atom. The standard InChI is InChI=1S/C22H16F3N5O2/c23-22(24,25)15-3-1-2-4-16(15)30-21(32)28-13-7-5-12(6-8-13)18-14-9-10-27-11-17(14)29-19(18)20(26)31/h1-11,29H,(H2,26,31)(H2,28,30,32). The van der Waals surface area contributed by atoms with Gasteiger partial charge < -0.3 is 21.4 Å². The molecule has 4 rings (SSSR count). The Morgan fingerprint density at radius 3 is 2.38 bits per heavy atom. The maximum atomic E-state index is 13.1. The summed E-state index contributed by atoms with van der Waals surface area (Å²) in [5.41, 5.74) is 6.64. The number of rotatable bonds is 4. The number of primary amides is 1. The van der Waals surface area contributed by atoms with E-state index in [0.717, 1.165) is 11.5 Å². The van der Waals surface area contributed by atoms with Crippen LogP contribution < -0.4 is 16.4 Å². The molecule has 0 aliphatic rings. The van der Waals surface area contributed by atoms with Crippen molar-refractivity contribution in [2.75, 3.05) is 10.6 Å². The first kappa shape index (κ1) is 20.9. The highest BCUT2D eigenvalue weighted by Gasteiger charge is 2.33. The lowest BCUT2D eigenvalue weighted by molar-refractivity contribution is -0.136. The summed E-state index contributed by atoms with van der Waals surface area (Å²) in [5, 5.41) is 5.45. The molecule has 7 nitrogen and oxygen atoms in total. The molecule has 2 heterocycles. The molecule has 0 bridgehead atoms. The van der Waals surface area contributed by atoms with E-state index < -0.39 is 23.7 Å². The summed E-state index contributed by atoms with van der Waals surface area (Å²) in [5.74, 6) is -0.638. The second-order valence-corrected chi connectivity index (χ2v) is 6.86. The first-order valence-electron chi connectivity index (χ1n) is 9.34. The maximum Gasteiger partial charge on any atom is 0.418 e. The van der Waals surface area contributed by atoms with Gasteiger partial charge in [0, 0.05) is 22.8 Å². The van der Waals surface area contributed by atoms with Gasteiger partial charge in [-0.2, -0.15) is 13.2 Å². The quantitative estimate of drug-likeness (QED) is 0.359. The number of para-hydroxylation sites is 1. The Hall–Kier alpha value is -4.34. The number of nitrogens with two attached hydrogens (primary N) is 1. The van der Waals surface area contributed by atoms with E-state index in [1.165, 1.54) is 18.2 Å². The Balaban J connectivity index is 1.56. The van der Waals surface area contributed by atoms with Gasteiger partial charge in [0.05, 0.1) is 23.0 Å². The zero-order valence-corrected chi connectivity index (χ0v) is 16.3. The van der Waals surface area contributed by atoms with Crippen LogP contribution in [0.2, 0.25) is 0 Å². The molecule has 0 aliphatic carbocycles. The van der Waals surface area contributed by atoms with Gasteiger partial charge in [-0.1, -0.05) is 24.3 Å². The average Bonchev–Trinajstić information content (AvgIpc) is 3.14. The maximum absolute atomic E-state index is 13.1. The number of anilines is 2. The minimum Gasteiger partial charge on any atom is -0.364 e. The van der Waals surface area contributed by atoms with Crippen LogP contribution in [0.15, 0.2) is 67.0 Å². The number of urea groups is 1. The fraction of sp³-hybridized carbons (Fsp3) is 0.0455. The molecular formula is C22H16F3N5O2. The largest absolute Gasteiger partial charge is 0.418 e. The monoisotopic (exact) mass is 439 g/mol. The summed E-state index contributed by atoms with van der Waals surface area (Å²) in [7, 11) is 0. The van der Waals surface area contributed by atoms with E-state index >= 15 is 0 Å². The SMILES string of the molecule is NC(=O)c1[nH]c2cnccc2c1-c1ccc(NC(=O)Nc2ccccc2C(F)(F)F)cc1. The number of halogens is 3. The highest BCUT2D eigenvalue weighted by atomic mass is 19.4. The van der Waals surface area contributed by atoms with Crippen molar-refractivity contribution >= 4 is 34.2 Å². The van der Waals surface area contributed by atoms with Crippen LogP contribution in [0.25, 0.3) is 22.0 Å². The predicted molar refractivity (Wildman–Crippen MR) is 114 cm³/mol. The summed E-state index contributed by atoms with van der Waals surface area (Å²) in [6, 6.07) is 12.1. The van der Waals surface area contributed by atoms with Crippen molar-refractivity contribution in [3.05, 3.63) is 78.2 Å². The molecule has 0 radical (unpaired) electrons. The van der Waals surface area contributed by atoms with Crippen molar-refractivity contribution in [2.24, 2.45) is 5.73 Å². The van der Waals surface area contributed by atoms with Crippen LogP contribution in [0.4, 0.5) is 29.3 Å². The lowest BCUT2D eigenvalue weighted by Gasteiger charge is -2.14. The van der Waals surface area contributed by atoms with E-state index in [1.807, 2.05) is 0 Å². The van der Waals surface area contributed by atoms with Crippen LogP contribution >= 0.6 is 0 Å². The molecule has 2 aromatic heterocycles. The number of amides is 3. The van der Waals surface area contributed by atoms with Gasteiger partial charge in [0.15, 0.2) is 0 Å². The molecule has 10 heteroatoms. The highest BCUT2D eigenvalue weighted by Crippen LogP contribution is 2.35. The van der Waals surface area contributed by atoms with Crippen molar-refractivity contribution < 1.29 is 22.8 Å². The number of hydrogen-bond acceptors (Lipinski definition) is 3. The summed E-state index contributed by atoms with van der Waals surface area (Å²) in [4.78, 5) is 31.1. The van der Waals surface area contributed by atoms with Crippen molar-refractivity contribution in [3.8, 4) is 11.1 Å². The molecule has 0 saturated carbocycles. The number of aromatic nitrogens is 2. The van der Waals surface area contributed by atoms with Crippen molar-refractivity contribution in [3.63, 3.8) is 0 Å². The number of benzene rings is 2. The lowest BCUT2D eigenvalue weighted by Crippen LogP contribution is -2.21. The molecule has 162 valence electrons. The molecule has 0 atom stereocenters. The van der Waals surface area contributed by atoms with Gasteiger partial charge >= 0.3 is 12.2 Å². The molecule has 2 aromatic carbocycles. The number of carbonyl (C=O) groups excluding carboxylic acids is 2. The molecule has 0 fully saturated rings. The zero-order chi connectivity index (χ0) is 22.9. The van der Waals surface area contributed by atoms with Crippen LogP contribution in [0, 0.1) is 0 Å². The van der Waals surface area contributed by atoms with Gasteiger partial charge in [-0.05, 0) is 35.9 Å². The molecule has 3 amide bonds. The number of H-pyrrole nitrogens is 1. The second kappa shape index (κ2) is 8.06. The third-order valence-electron chi connectivity index (χ3n) is 4.76. The van der Waals surface area contributed by atoms with E-state index in [2.05, 4.69) is 20.6 Å².